The van der Waals surface area contributed by atoms with Crippen molar-refractivity contribution in [1.29, 1.82) is 0 Å². The van der Waals surface area contributed by atoms with Crippen molar-refractivity contribution in [3.8, 4) is 0 Å². The molecule has 1 aromatic heterocycles. The SMILES string of the molecule is c1ccc(C2CCNc3c4ccccc4nn32)cc1. The highest BCUT2D eigenvalue weighted by Crippen LogP contribution is 2.33. The van der Waals surface area contributed by atoms with Gasteiger partial charge in [-0.2, -0.15) is 5.10 Å². The van der Waals surface area contributed by atoms with Gasteiger partial charge in [-0.05, 0) is 24.1 Å². The Hall–Kier alpha value is -2.29. The molecule has 1 aliphatic heterocycles. The van der Waals surface area contributed by atoms with Crippen LogP contribution in [0, 0.1) is 0 Å². The van der Waals surface area contributed by atoms with Gasteiger partial charge >= 0.3 is 0 Å². The molecule has 1 atom stereocenters. The lowest BCUT2D eigenvalue weighted by Crippen LogP contribution is -2.24. The smallest absolute Gasteiger partial charge is 0.132 e. The lowest BCUT2D eigenvalue weighted by atomic mass is 10.0. The first-order valence-corrected chi connectivity index (χ1v) is 6.69. The molecule has 94 valence electrons. The Bertz CT molecular complexity index is 715. The predicted molar refractivity (Wildman–Crippen MR) is 77.4 cm³/mol. The van der Waals surface area contributed by atoms with Gasteiger partial charge in [-0.15, -0.1) is 0 Å². The van der Waals surface area contributed by atoms with E-state index in [0.717, 1.165) is 24.3 Å². The number of hydrogen-bond acceptors (Lipinski definition) is 2. The molecule has 0 saturated carbocycles. The summed E-state index contributed by atoms with van der Waals surface area (Å²) in [6, 6.07) is 19.3. The number of anilines is 1. The van der Waals surface area contributed by atoms with Gasteiger partial charge in [-0.25, -0.2) is 4.68 Å². The van der Waals surface area contributed by atoms with E-state index in [9.17, 15) is 0 Å². The van der Waals surface area contributed by atoms with E-state index in [1.54, 1.807) is 0 Å². The van der Waals surface area contributed by atoms with Crippen LogP contribution in [0.4, 0.5) is 5.82 Å². The molecule has 2 heterocycles. The lowest BCUT2D eigenvalue weighted by molar-refractivity contribution is 0.486. The minimum Gasteiger partial charge on any atom is -0.370 e. The highest BCUT2D eigenvalue weighted by molar-refractivity contribution is 5.90. The van der Waals surface area contributed by atoms with Crippen molar-refractivity contribution < 1.29 is 0 Å². The monoisotopic (exact) mass is 249 g/mol. The molecule has 1 unspecified atom stereocenters. The van der Waals surface area contributed by atoms with Gasteiger partial charge in [0.15, 0.2) is 0 Å². The molecule has 0 amide bonds. The van der Waals surface area contributed by atoms with Crippen LogP contribution in [0.5, 0.6) is 0 Å². The van der Waals surface area contributed by atoms with Crippen LogP contribution in [0.15, 0.2) is 54.6 Å². The fourth-order valence-corrected chi connectivity index (χ4v) is 2.88. The van der Waals surface area contributed by atoms with Crippen molar-refractivity contribution in [1.82, 2.24) is 9.78 Å². The molecule has 19 heavy (non-hydrogen) atoms. The van der Waals surface area contributed by atoms with Crippen LogP contribution in [0.2, 0.25) is 0 Å². The summed E-state index contributed by atoms with van der Waals surface area (Å²) < 4.78 is 2.14. The zero-order valence-electron chi connectivity index (χ0n) is 10.6. The molecule has 0 spiro atoms. The second-order valence-corrected chi connectivity index (χ2v) is 4.95. The van der Waals surface area contributed by atoms with Gasteiger partial charge in [0.2, 0.25) is 0 Å². The van der Waals surface area contributed by atoms with E-state index >= 15 is 0 Å². The molecule has 4 rings (SSSR count). The number of rotatable bonds is 1. The van der Waals surface area contributed by atoms with Crippen molar-refractivity contribution in [3.63, 3.8) is 0 Å². The number of benzene rings is 2. The quantitative estimate of drug-likeness (QED) is 0.716. The summed E-state index contributed by atoms with van der Waals surface area (Å²) in [5.74, 6) is 1.15. The van der Waals surface area contributed by atoms with Crippen molar-refractivity contribution >= 4 is 16.7 Å². The van der Waals surface area contributed by atoms with E-state index in [0.29, 0.717) is 6.04 Å². The topological polar surface area (TPSA) is 29.9 Å². The Balaban J connectivity index is 1.91. The van der Waals surface area contributed by atoms with E-state index in [2.05, 4.69) is 58.5 Å². The van der Waals surface area contributed by atoms with Crippen LogP contribution >= 0.6 is 0 Å². The van der Waals surface area contributed by atoms with Crippen LogP contribution in [0.25, 0.3) is 10.9 Å². The van der Waals surface area contributed by atoms with Crippen LogP contribution in [0.3, 0.4) is 0 Å². The van der Waals surface area contributed by atoms with Crippen molar-refractivity contribution in [2.75, 3.05) is 11.9 Å². The normalized spacial score (nSPS) is 18.0. The molecule has 0 saturated heterocycles. The number of fused-ring (bicyclic) bond motifs is 3. The van der Waals surface area contributed by atoms with E-state index in [1.165, 1.54) is 10.9 Å². The highest BCUT2D eigenvalue weighted by Gasteiger charge is 2.23. The van der Waals surface area contributed by atoms with Gasteiger partial charge in [0.25, 0.3) is 0 Å². The first-order chi connectivity index (χ1) is 9.43. The zero-order valence-corrected chi connectivity index (χ0v) is 10.6. The third-order valence-corrected chi connectivity index (χ3v) is 3.79. The van der Waals surface area contributed by atoms with Gasteiger partial charge in [0, 0.05) is 11.9 Å². The minimum absolute atomic E-state index is 0.338. The summed E-state index contributed by atoms with van der Waals surface area (Å²) >= 11 is 0. The molecule has 0 fully saturated rings. The molecule has 3 nitrogen and oxygen atoms in total. The third-order valence-electron chi connectivity index (χ3n) is 3.79. The maximum Gasteiger partial charge on any atom is 0.132 e. The summed E-state index contributed by atoms with van der Waals surface area (Å²) in [6.07, 6.45) is 1.07. The highest BCUT2D eigenvalue weighted by atomic mass is 15.4. The molecular weight excluding hydrogens is 234 g/mol. The third kappa shape index (κ3) is 1.62. The van der Waals surface area contributed by atoms with Crippen molar-refractivity contribution in [3.05, 3.63) is 60.2 Å². The van der Waals surface area contributed by atoms with Gasteiger partial charge < -0.3 is 5.32 Å². The maximum atomic E-state index is 4.77. The van der Waals surface area contributed by atoms with E-state index < -0.39 is 0 Å². The summed E-state index contributed by atoms with van der Waals surface area (Å²) in [6.45, 7) is 0.995. The Labute approximate surface area is 111 Å². The summed E-state index contributed by atoms with van der Waals surface area (Å²) in [7, 11) is 0. The van der Waals surface area contributed by atoms with E-state index in [4.69, 9.17) is 5.10 Å². The Morgan fingerprint density at radius 3 is 2.68 bits per heavy atom. The Morgan fingerprint density at radius 1 is 1.00 bits per heavy atom. The number of hydrogen-bond donors (Lipinski definition) is 1. The van der Waals surface area contributed by atoms with Crippen LogP contribution in [0.1, 0.15) is 18.0 Å². The molecule has 0 aliphatic carbocycles. The average molecular weight is 249 g/mol. The van der Waals surface area contributed by atoms with Crippen molar-refractivity contribution in [2.24, 2.45) is 0 Å². The van der Waals surface area contributed by atoms with Gasteiger partial charge in [0.05, 0.1) is 11.6 Å². The second kappa shape index (κ2) is 4.12. The first kappa shape index (κ1) is 10.6. The predicted octanol–water partition coefficient (Wildman–Crippen LogP) is 3.44. The van der Waals surface area contributed by atoms with Crippen LogP contribution in [-0.4, -0.2) is 16.3 Å². The molecule has 1 aliphatic rings. The van der Waals surface area contributed by atoms with E-state index in [-0.39, 0.29) is 0 Å². The molecule has 0 radical (unpaired) electrons. The molecule has 0 bridgehead atoms. The summed E-state index contributed by atoms with van der Waals surface area (Å²) in [5, 5.41) is 9.46. The fourth-order valence-electron chi connectivity index (χ4n) is 2.88. The first-order valence-electron chi connectivity index (χ1n) is 6.69. The number of nitrogens with zero attached hydrogens (tertiary/aromatic N) is 2. The Kier molecular flexibility index (Phi) is 2.30. The Morgan fingerprint density at radius 2 is 1.79 bits per heavy atom. The van der Waals surface area contributed by atoms with Crippen LogP contribution in [-0.2, 0) is 0 Å². The second-order valence-electron chi connectivity index (χ2n) is 4.95. The molecular formula is C16H15N3. The fraction of sp³-hybridized carbons (Fsp3) is 0.188. The summed E-state index contributed by atoms with van der Waals surface area (Å²) in [5.41, 5.74) is 2.39. The largest absolute Gasteiger partial charge is 0.370 e. The zero-order chi connectivity index (χ0) is 12.7. The molecule has 2 aromatic carbocycles. The van der Waals surface area contributed by atoms with Gasteiger partial charge in [-0.1, -0.05) is 42.5 Å². The minimum atomic E-state index is 0.338. The summed E-state index contributed by atoms with van der Waals surface area (Å²) in [4.78, 5) is 0. The van der Waals surface area contributed by atoms with Gasteiger partial charge in [-0.3, -0.25) is 0 Å². The van der Waals surface area contributed by atoms with E-state index in [1.807, 2.05) is 6.07 Å². The number of aromatic nitrogens is 2. The molecule has 1 N–H and O–H groups in total. The van der Waals surface area contributed by atoms with Crippen molar-refractivity contribution in [2.45, 2.75) is 12.5 Å². The number of nitrogens with one attached hydrogen (secondary N) is 1. The average Bonchev–Trinajstić information content (AvgIpc) is 2.87. The molecule has 3 aromatic rings. The molecule has 3 heteroatoms. The lowest BCUT2D eigenvalue weighted by Gasteiger charge is -2.26. The van der Waals surface area contributed by atoms with Gasteiger partial charge in [0.1, 0.15) is 5.82 Å². The van der Waals surface area contributed by atoms with Crippen LogP contribution < -0.4 is 5.32 Å². The standard InChI is InChI=1S/C16H15N3/c1-2-6-12(7-3-1)15-10-11-17-16-13-8-4-5-9-14(13)18-19(15)16/h1-9,15,17H,10-11H2. The maximum absolute atomic E-state index is 4.77.